The van der Waals surface area contributed by atoms with E-state index >= 15 is 0 Å². The number of aromatic nitrogens is 3. The summed E-state index contributed by atoms with van der Waals surface area (Å²) in [6.45, 7) is 5.40. The second kappa shape index (κ2) is 13.8. The number of amides is 1. The fourth-order valence-corrected chi connectivity index (χ4v) is 2.26. The molecule has 12 nitrogen and oxygen atoms in total. The fraction of sp³-hybridized carbons (Fsp3) is 0.143. The third-order valence-corrected chi connectivity index (χ3v) is 3.75. The Kier molecular flexibility index (Phi) is 11.9. The van der Waals surface area contributed by atoms with Crippen LogP contribution in [0.3, 0.4) is 0 Å². The second-order valence-corrected chi connectivity index (χ2v) is 6.63. The van der Waals surface area contributed by atoms with Gasteiger partial charge in [-0.25, -0.2) is 15.0 Å². The zero-order valence-corrected chi connectivity index (χ0v) is 19.6. The Balaban J connectivity index is 0.000000475. The van der Waals surface area contributed by atoms with Crippen LogP contribution in [0, 0.1) is 53.5 Å². The van der Waals surface area contributed by atoms with E-state index in [0.717, 1.165) is 11.1 Å². The van der Waals surface area contributed by atoms with E-state index in [4.69, 9.17) is 27.7 Å². The molecule has 0 aliphatic carbocycles. The van der Waals surface area contributed by atoms with Gasteiger partial charge in [-0.2, -0.15) is 10.5 Å². The van der Waals surface area contributed by atoms with Gasteiger partial charge in [0, 0.05) is 41.7 Å². The van der Waals surface area contributed by atoms with Crippen molar-refractivity contribution < 1.29 is 26.8 Å². The van der Waals surface area contributed by atoms with E-state index in [-0.39, 0.29) is 34.1 Å². The van der Waals surface area contributed by atoms with Crippen molar-refractivity contribution in [2.24, 2.45) is 5.73 Å². The molecule has 3 heterocycles. The van der Waals surface area contributed by atoms with Crippen molar-refractivity contribution in [3.8, 4) is 12.1 Å². The van der Waals surface area contributed by atoms with Gasteiger partial charge in [0.1, 0.15) is 12.1 Å². The summed E-state index contributed by atoms with van der Waals surface area (Å²) in [4.78, 5) is 31.6. The van der Waals surface area contributed by atoms with E-state index in [2.05, 4.69) is 15.0 Å². The smallest absolute Gasteiger partial charge is 0.305 e. The molecule has 0 bridgehead atoms. The normalized spacial score (nSPS) is 8.85. The van der Waals surface area contributed by atoms with Crippen LogP contribution < -0.4 is 17.2 Å². The average Bonchev–Trinajstić information content (AvgIpc) is 2.74. The molecule has 0 atom stereocenters. The van der Waals surface area contributed by atoms with Gasteiger partial charge in [-0.1, -0.05) is 0 Å². The van der Waals surface area contributed by atoms with E-state index in [1.165, 1.54) is 12.3 Å². The van der Waals surface area contributed by atoms with Crippen LogP contribution in [0.2, 0.25) is 0 Å². The number of nitro groups is 1. The Hall–Kier alpha value is -4.58. The molecular weight excluding hydrogens is 482 g/mol. The zero-order chi connectivity index (χ0) is 25.1. The Morgan fingerprint density at radius 1 is 0.882 bits per heavy atom. The molecule has 0 spiro atoms. The van der Waals surface area contributed by atoms with Gasteiger partial charge in [0.2, 0.25) is 5.69 Å². The molecule has 0 aliphatic rings. The zero-order valence-electron chi connectivity index (χ0n) is 18.5. The van der Waals surface area contributed by atoms with Crippen LogP contribution in [-0.2, 0) is 17.1 Å². The standard InChI is InChI=1S/C7H5N3O2.C7H9N3O.C7H7N3.Fe/c1-5-2-7(10(11)12)6(3-8)9-4-5;1-4-2-5(8)6(7(9)11)10-3-4;1-5-2-6(9)7(3-8)10-4-5;/h2,4H,1H3;2-3H,8H2,1H3,(H2,9,11);2,4H,9H2,1H3;. The molecule has 6 N–H and O–H groups in total. The third kappa shape index (κ3) is 8.88. The Bertz CT molecular complexity index is 1270. The molecule has 0 aliphatic heterocycles. The Morgan fingerprint density at radius 2 is 1.32 bits per heavy atom. The van der Waals surface area contributed by atoms with Crippen molar-refractivity contribution in [1.29, 1.82) is 10.5 Å². The van der Waals surface area contributed by atoms with E-state index in [1.807, 2.05) is 19.9 Å². The number of hydrogen-bond donors (Lipinski definition) is 3. The quantitative estimate of drug-likeness (QED) is 0.262. The molecule has 0 fully saturated rings. The van der Waals surface area contributed by atoms with Crippen LogP contribution in [0.1, 0.15) is 38.6 Å². The number of nitrogen functional groups attached to an aromatic ring is 2. The Morgan fingerprint density at radius 3 is 1.74 bits per heavy atom. The topological polar surface area (TPSA) is 225 Å². The maximum Gasteiger partial charge on any atom is 0.305 e. The molecule has 34 heavy (non-hydrogen) atoms. The summed E-state index contributed by atoms with van der Waals surface area (Å²) in [5.74, 6) is -0.595. The van der Waals surface area contributed by atoms with Crippen LogP contribution in [-0.4, -0.2) is 25.8 Å². The summed E-state index contributed by atoms with van der Waals surface area (Å²) in [5.41, 5.74) is 19.3. The van der Waals surface area contributed by atoms with Gasteiger partial charge in [-0.15, -0.1) is 0 Å². The van der Waals surface area contributed by atoms with E-state index in [0.29, 0.717) is 22.6 Å². The second-order valence-electron chi connectivity index (χ2n) is 6.63. The molecule has 13 heteroatoms. The molecule has 0 radical (unpaired) electrons. The van der Waals surface area contributed by atoms with Gasteiger partial charge in [-0.3, -0.25) is 14.9 Å². The number of carbonyl (C=O) groups is 1. The summed E-state index contributed by atoms with van der Waals surface area (Å²) in [6.07, 6.45) is 4.59. The molecule has 3 aromatic rings. The molecule has 3 aromatic heterocycles. The number of primary amides is 1. The predicted molar refractivity (Wildman–Crippen MR) is 120 cm³/mol. The van der Waals surface area contributed by atoms with E-state index in [1.54, 1.807) is 37.5 Å². The maximum absolute atomic E-state index is 10.6. The first-order valence-electron chi connectivity index (χ1n) is 9.15. The van der Waals surface area contributed by atoms with Crippen LogP contribution in [0.15, 0.2) is 36.8 Å². The molecule has 0 saturated heterocycles. The molecule has 1 amide bonds. The number of pyridine rings is 3. The van der Waals surface area contributed by atoms with Crippen molar-refractivity contribution >= 4 is 23.0 Å². The SMILES string of the molecule is Cc1cnc(C#N)c(N)c1.Cc1cnc(C#N)c([N+](=O)[O-])c1.Cc1cnc(C(N)=O)c(N)c1.[Fe]. The fourth-order valence-electron chi connectivity index (χ4n) is 2.26. The predicted octanol–water partition coefficient (Wildman–Crippen LogP) is 2.08. The number of nitriles is 2. The summed E-state index contributed by atoms with van der Waals surface area (Å²) in [7, 11) is 0. The summed E-state index contributed by atoms with van der Waals surface area (Å²) < 4.78 is 0. The van der Waals surface area contributed by atoms with Crippen LogP contribution in [0.5, 0.6) is 0 Å². The molecule has 0 saturated carbocycles. The van der Waals surface area contributed by atoms with Crippen molar-refractivity contribution in [3.63, 3.8) is 0 Å². The average molecular weight is 503 g/mol. The van der Waals surface area contributed by atoms with Crippen LogP contribution >= 0.6 is 0 Å². The molecule has 0 unspecified atom stereocenters. The van der Waals surface area contributed by atoms with Crippen molar-refractivity contribution in [2.45, 2.75) is 20.8 Å². The van der Waals surface area contributed by atoms with Gasteiger partial charge in [0.05, 0.1) is 16.3 Å². The molecular formula is C21H21FeN9O3. The van der Waals surface area contributed by atoms with Gasteiger partial charge in [0.25, 0.3) is 5.91 Å². The monoisotopic (exact) mass is 503 g/mol. The minimum absolute atomic E-state index is 0. The van der Waals surface area contributed by atoms with E-state index < -0.39 is 10.8 Å². The third-order valence-electron chi connectivity index (χ3n) is 3.75. The van der Waals surface area contributed by atoms with Gasteiger partial charge in [-0.05, 0) is 49.6 Å². The van der Waals surface area contributed by atoms with Crippen LogP contribution in [0.4, 0.5) is 17.1 Å². The van der Waals surface area contributed by atoms with Crippen LogP contribution in [0.25, 0.3) is 0 Å². The first-order chi connectivity index (χ1) is 15.5. The molecule has 0 aromatic carbocycles. The summed E-state index contributed by atoms with van der Waals surface area (Å²) in [6, 6.07) is 8.25. The van der Waals surface area contributed by atoms with Crippen molar-refractivity contribution in [1.82, 2.24) is 15.0 Å². The number of carbonyl (C=O) groups excluding carboxylic acids is 1. The van der Waals surface area contributed by atoms with Crippen molar-refractivity contribution in [2.75, 3.05) is 11.5 Å². The van der Waals surface area contributed by atoms with Crippen molar-refractivity contribution in [3.05, 3.63) is 80.7 Å². The number of anilines is 2. The number of rotatable bonds is 2. The number of aryl methyl sites for hydroxylation is 3. The Labute approximate surface area is 206 Å². The van der Waals surface area contributed by atoms with E-state index in [9.17, 15) is 14.9 Å². The first kappa shape index (κ1) is 29.4. The number of nitrogens with zero attached hydrogens (tertiary/aromatic N) is 6. The van der Waals surface area contributed by atoms with Gasteiger partial charge >= 0.3 is 5.69 Å². The number of hydrogen-bond acceptors (Lipinski definition) is 10. The first-order valence-corrected chi connectivity index (χ1v) is 9.15. The maximum atomic E-state index is 10.6. The van der Waals surface area contributed by atoms with Gasteiger partial charge < -0.3 is 17.2 Å². The minimum Gasteiger partial charge on any atom is -0.397 e. The minimum atomic E-state index is -0.613. The van der Waals surface area contributed by atoms with Gasteiger partial charge in [0.15, 0.2) is 11.4 Å². The summed E-state index contributed by atoms with van der Waals surface area (Å²) >= 11 is 0. The number of nitrogens with two attached hydrogens (primary N) is 3. The summed E-state index contributed by atoms with van der Waals surface area (Å²) in [5, 5.41) is 27.2. The molecule has 3 rings (SSSR count). The molecule has 176 valence electrons. The largest absolute Gasteiger partial charge is 0.397 e.